The lowest BCUT2D eigenvalue weighted by Gasteiger charge is -2.10. The summed E-state index contributed by atoms with van der Waals surface area (Å²) in [6.45, 7) is 0. The Labute approximate surface area is 126 Å². The zero-order valence-corrected chi connectivity index (χ0v) is 12.0. The molecule has 0 spiro atoms. The summed E-state index contributed by atoms with van der Waals surface area (Å²) < 4.78 is 0. The van der Waals surface area contributed by atoms with Crippen LogP contribution in [-0.4, -0.2) is 17.1 Å². The molecule has 2 aromatic carbocycles. The lowest BCUT2D eigenvalue weighted by atomic mass is 10.1. The van der Waals surface area contributed by atoms with Gasteiger partial charge >= 0.3 is 0 Å². The van der Waals surface area contributed by atoms with Gasteiger partial charge in [-0.1, -0.05) is 24.3 Å². The van der Waals surface area contributed by atoms with E-state index in [1.165, 1.54) is 5.56 Å². The molecular formula is C16H14N2O2S. The van der Waals surface area contributed by atoms with E-state index in [0.29, 0.717) is 11.3 Å². The number of rotatable bonds is 3. The standard InChI is InChI=1S/C16H14N2O2S/c17-15(19)11-5-3-6-12(8-11)18-16(20)14-9-10-4-1-2-7-13(10)21-14/h1-8,14H,9H2,(H2,17,19)(H,18,20)/t14-/m0/s1. The first-order chi connectivity index (χ1) is 10.1. The molecule has 1 aliphatic heterocycles. The van der Waals surface area contributed by atoms with E-state index in [4.69, 9.17) is 5.73 Å². The topological polar surface area (TPSA) is 72.2 Å². The molecule has 1 atom stereocenters. The van der Waals surface area contributed by atoms with E-state index in [9.17, 15) is 9.59 Å². The van der Waals surface area contributed by atoms with Crippen molar-refractivity contribution in [2.24, 2.45) is 5.73 Å². The van der Waals surface area contributed by atoms with Gasteiger partial charge in [0.1, 0.15) is 0 Å². The number of primary amides is 1. The van der Waals surface area contributed by atoms with E-state index < -0.39 is 5.91 Å². The van der Waals surface area contributed by atoms with Gasteiger partial charge in [-0.25, -0.2) is 0 Å². The fourth-order valence-corrected chi connectivity index (χ4v) is 3.50. The third kappa shape index (κ3) is 2.92. The molecule has 4 nitrogen and oxygen atoms in total. The second-order valence-electron chi connectivity index (χ2n) is 4.85. The van der Waals surface area contributed by atoms with Gasteiger partial charge in [0.2, 0.25) is 11.8 Å². The molecule has 106 valence electrons. The molecule has 5 heteroatoms. The Balaban J connectivity index is 1.71. The molecule has 0 bridgehead atoms. The molecule has 0 saturated carbocycles. The maximum absolute atomic E-state index is 12.3. The number of carbonyl (C=O) groups excluding carboxylic acids is 2. The number of hydrogen-bond acceptors (Lipinski definition) is 3. The molecule has 0 saturated heterocycles. The smallest absolute Gasteiger partial charge is 0.248 e. The van der Waals surface area contributed by atoms with Crippen molar-refractivity contribution >= 4 is 29.3 Å². The quantitative estimate of drug-likeness (QED) is 0.914. The van der Waals surface area contributed by atoms with Crippen molar-refractivity contribution in [3.63, 3.8) is 0 Å². The van der Waals surface area contributed by atoms with Crippen molar-refractivity contribution in [3.8, 4) is 0 Å². The first-order valence-corrected chi connectivity index (χ1v) is 7.47. The summed E-state index contributed by atoms with van der Waals surface area (Å²) in [6.07, 6.45) is 0.724. The van der Waals surface area contributed by atoms with Crippen LogP contribution in [0.4, 0.5) is 5.69 Å². The highest BCUT2D eigenvalue weighted by Crippen LogP contribution is 2.37. The SMILES string of the molecule is NC(=O)c1cccc(NC(=O)[C@@H]2Cc3ccccc3S2)c1. The molecular weight excluding hydrogens is 284 g/mol. The van der Waals surface area contributed by atoms with Crippen molar-refractivity contribution in [3.05, 3.63) is 59.7 Å². The Bertz CT molecular complexity index is 690. The first-order valence-electron chi connectivity index (χ1n) is 6.59. The second kappa shape index (κ2) is 5.61. The van der Waals surface area contributed by atoms with E-state index >= 15 is 0 Å². The Hall–Kier alpha value is -2.27. The van der Waals surface area contributed by atoms with Crippen molar-refractivity contribution in [1.82, 2.24) is 0 Å². The van der Waals surface area contributed by atoms with Crippen LogP contribution in [0, 0.1) is 0 Å². The molecule has 3 rings (SSSR count). The van der Waals surface area contributed by atoms with Crippen molar-refractivity contribution in [2.75, 3.05) is 5.32 Å². The maximum Gasteiger partial charge on any atom is 0.248 e. The predicted molar refractivity (Wildman–Crippen MR) is 83.4 cm³/mol. The highest BCUT2D eigenvalue weighted by molar-refractivity contribution is 8.01. The minimum absolute atomic E-state index is 0.0576. The largest absolute Gasteiger partial charge is 0.366 e. The Morgan fingerprint density at radius 1 is 1.14 bits per heavy atom. The van der Waals surface area contributed by atoms with Crippen LogP contribution in [0.15, 0.2) is 53.4 Å². The van der Waals surface area contributed by atoms with E-state index in [1.54, 1.807) is 36.0 Å². The van der Waals surface area contributed by atoms with Gasteiger partial charge < -0.3 is 11.1 Å². The van der Waals surface area contributed by atoms with E-state index in [2.05, 4.69) is 5.32 Å². The zero-order chi connectivity index (χ0) is 14.8. The average molecular weight is 298 g/mol. The number of anilines is 1. The van der Waals surface area contributed by atoms with Crippen molar-refractivity contribution < 1.29 is 9.59 Å². The molecule has 1 heterocycles. The van der Waals surface area contributed by atoms with Gasteiger partial charge in [-0.15, -0.1) is 11.8 Å². The van der Waals surface area contributed by atoms with E-state index in [0.717, 1.165) is 11.3 Å². The normalized spacial score (nSPS) is 16.3. The van der Waals surface area contributed by atoms with Crippen molar-refractivity contribution in [1.29, 1.82) is 0 Å². The average Bonchev–Trinajstić information content (AvgIpc) is 2.91. The van der Waals surface area contributed by atoms with Gasteiger partial charge in [0.25, 0.3) is 0 Å². The minimum atomic E-state index is -0.506. The Kier molecular flexibility index (Phi) is 3.66. The number of hydrogen-bond donors (Lipinski definition) is 2. The van der Waals surface area contributed by atoms with Gasteiger partial charge in [0.15, 0.2) is 0 Å². The highest BCUT2D eigenvalue weighted by Gasteiger charge is 2.27. The summed E-state index contributed by atoms with van der Waals surface area (Å²) in [5.74, 6) is -0.563. The molecule has 0 unspecified atom stereocenters. The molecule has 0 aromatic heterocycles. The van der Waals surface area contributed by atoms with Crippen LogP contribution in [0.3, 0.4) is 0 Å². The van der Waals surface area contributed by atoms with Gasteiger partial charge in [0, 0.05) is 16.1 Å². The number of amides is 2. The molecule has 0 aliphatic carbocycles. The van der Waals surface area contributed by atoms with Crippen LogP contribution < -0.4 is 11.1 Å². The summed E-state index contributed by atoms with van der Waals surface area (Å²) in [5.41, 5.74) is 7.41. The van der Waals surface area contributed by atoms with Crippen molar-refractivity contribution in [2.45, 2.75) is 16.6 Å². The number of fused-ring (bicyclic) bond motifs is 1. The minimum Gasteiger partial charge on any atom is -0.366 e. The van der Waals surface area contributed by atoms with Gasteiger partial charge in [-0.05, 0) is 36.2 Å². The fraction of sp³-hybridized carbons (Fsp3) is 0.125. The third-order valence-corrected chi connectivity index (χ3v) is 4.67. The second-order valence-corrected chi connectivity index (χ2v) is 6.10. The highest BCUT2D eigenvalue weighted by atomic mass is 32.2. The van der Waals surface area contributed by atoms with Crippen LogP contribution in [-0.2, 0) is 11.2 Å². The van der Waals surface area contributed by atoms with Crippen LogP contribution in [0.2, 0.25) is 0 Å². The third-order valence-electron chi connectivity index (χ3n) is 3.35. The summed E-state index contributed by atoms with van der Waals surface area (Å²) in [6, 6.07) is 14.7. The van der Waals surface area contributed by atoms with Crippen LogP contribution >= 0.6 is 11.8 Å². The lowest BCUT2D eigenvalue weighted by molar-refractivity contribution is -0.115. The van der Waals surface area contributed by atoms with Gasteiger partial charge in [-0.3, -0.25) is 9.59 Å². The number of thioether (sulfide) groups is 1. The van der Waals surface area contributed by atoms with E-state index in [1.807, 2.05) is 24.3 Å². The monoisotopic (exact) mass is 298 g/mol. The molecule has 0 fully saturated rings. The van der Waals surface area contributed by atoms with Gasteiger partial charge in [0.05, 0.1) is 5.25 Å². The van der Waals surface area contributed by atoms with Crippen LogP contribution in [0.5, 0.6) is 0 Å². The Morgan fingerprint density at radius 3 is 2.71 bits per heavy atom. The lowest BCUT2D eigenvalue weighted by Crippen LogP contribution is -2.24. The summed E-state index contributed by atoms with van der Waals surface area (Å²) in [5, 5.41) is 2.71. The van der Waals surface area contributed by atoms with Crippen LogP contribution in [0.25, 0.3) is 0 Å². The number of nitrogens with two attached hydrogens (primary N) is 1. The molecule has 0 radical (unpaired) electrons. The fourth-order valence-electron chi connectivity index (χ4n) is 2.30. The molecule has 2 amide bonds. The van der Waals surface area contributed by atoms with Crippen LogP contribution in [0.1, 0.15) is 15.9 Å². The number of carbonyl (C=O) groups is 2. The summed E-state index contributed by atoms with van der Waals surface area (Å²) >= 11 is 1.57. The molecule has 2 aromatic rings. The van der Waals surface area contributed by atoms with E-state index in [-0.39, 0.29) is 11.2 Å². The molecule has 3 N–H and O–H groups in total. The predicted octanol–water partition coefficient (Wildman–Crippen LogP) is 2.44. The molecule has 21 heavy (non-hydrogen) atoms. The zero-order valence-electron chi connectivity index (χ0n) is 11.2. The summed E-state index contributed by atoms with van der Waals surface area (Å²) in [4.78, 5) is 24.6. The molecule has 1 aliphatic rings. The number of benzene rings is 2. The summed E-state index contributed by atoms with van der Waals surface area (Å²) in [7, 11) is 0. The number of nitrogens with one attached hydrogen (secondary N) is 1. The first kappa shape index (κ1) is 13.7. The maximum atomic E-state index is 12.3. The van der Waals surface area contributed by atoms with Gasteiger partial charge in [-0.2, -0.15) is 0 Å². The Morgan fingerprint density at radius 2 is 1.95 bits per heavy atom.